The van der Waals surface area contributed by atoms with Gasteiger partial charge in [-0.2, -0.15) is 0 Å². The summed E-state index contributed by atoms with van der Waals surface area (Å²) < 4.78 is 5.52. The number of aryl methyl sites for hydroxylation is 1. The van der Waals surface area contributed by atoms with E-state index < -0.39 is 0 Å². The molecule has 1 heterocycles. The van der Waals surface area contributed by atoms with Gasteiger partial charge in [0.2, 0.25) is 0 Å². The summed E-state index contributed by atoms with van der Waals surface area (Å²) in [7, 11) is 4.20. The number of likely N-dealkylation sites (N-methyl/N-ethyl adjacent to an activating group) is 1. The van der Waals surface area contributed by atoms with Crippen molar-refractivity contribution in [1.29, 1.82) is 0 Å². The van der Waals surface area contributed by atoms with Crippen LogP contribution in [0.15, 0.2) is 22.6 Å². The van der Waals surface area contributed by atoms with Gasteiger partial charge in [0.05, 0.1) is 0 Å². The smallest absolute Gasteiger partial charge is 0.192 e. The average Bonchev–Trinajstić information content (AvgIpc) is 2.67. The highest BCUT2D eigenvalue weighted by atomic mass is 16.3. The van der Waals surface area contributed by atoms with Crippen molar-refractivity contribution in [3.8, 4) is 0 Å². The highest BCUT2D eigenvalue weighted by molar-refractivity contribution is 5.73. The summed E-state index contributed by atoms with van der Waals surface area (Å²) in [6.07, 6.45) is 0. The Morgan fingerprint density at radius 2 is 2.05 bits per heavy atom. The number of nitrogens with zero attached hydrogens (tertiary/aromatic N) is 2. The Kier molecular flexibility index (Phi) is 4.22. The summed E-state index contributed by atoms with van der Waals surface area (Å²) in [5.74, 6) is 0.717. The van der Waals surface area contributed by atoms with Gasteiger partial charge in [-0.25, -0.2) is 4.98 Å². The van der Waals surface area contributed by atoms with E-state index in [1.54, 1.807) is 0 Å². The number of hydrogen-bond donors (Lipinski definition) is 1. The van der Waals surface area contributed by atoms with Gasteiger partial charge in [0.1, 0.15) is 5.52 Å². The third-order valence-corrected chi connectivity index (χ3v) is 3.25. The fourth-order valence-electron chi connectivity index (χ4n) is 2.21. The van der Waals surface area contributed by atoms with Crippen molar-refractivity contribution in [2.24, 2.45) is 0 Å². The quantitative estimate of drug-likeness (QED) is 0.898. The number of aromatic nitrogens is 1. The van der Waals surface area contributed by atoms with Gasteiger partial charge >= 0.3 is 0 Å². The predicted molar refractivity (Wildman–Crippen MR) is 78.3 cm³/mol. The third-order valence-electron chi connectivity index (χ3n) is 3.25. The molecule has 2 rings (SSSR count). The maximum atomic E-state index is 5.52. The van der Waals surface area contributed by atoms with Crippen LogP contribution in [0.2, 0.25) is 0 Å². The second-order valence-corrected chi connectivity index (χ2v) is 5.50. The van der Waals surface area contributed by atoms with Crippen LogP contribution in [0.4, 0.5) is 0 Å². The van der Waals surface area contributed by atoms with Gasteiger partial charge in [0.25, 0.3) is 0 Å². The fourth-order valence-corrected chi connectivity index (χ4v) is 2.21. The minimum absolute atomic E-state index is 0.337. The summed E-state index contributed by atoms with van der Waals surface area (Å²) in [6, 6.07) is 7.08. The lowest BCUT2D eigenvalue weighted by atomic mass is 10.1. The van der Waals surface area contributed by atoms with Crippen LogP contribution in [-0.4, -0.2) is 36.6 Å². The molecule has 1 unspecified atom stereocenters. The number of oxazole rings is 1. The maximum Gasteiger partial charge on any atom is 0.192 e. The van der Waals surface area contributed by atoms with Gasteiger partial charge in [-0.15, -0.1) is 0 Å². The Morgan fingerprint density at radius 3 is 2.68 bits per heavy atom. The first-order chi connectivity index (χ1) is 8.97. The van der Waals surface area contributed by atoms with Crippen LogP contribution in [0.5, 0.6) is 0 Å². The lowest BCUT2D eigenvalue weighted by molar-refractivity contribution is 0.283. The van der Waals surface area contributed by atoms with Crippen LogP contribution in [-0.2, 0) is 0 Å². The minimum atomic E-state index is 0.337. The van der Waals surface area contributed by atoms with Crippen molar-refractivity contribution in [2.45, 2.75) is 32.9 Å². The van der Waals surface area contributed by atoms with Crippen LogP contribution >= 0.6 is 0 Å². The van der Waals surface area contributed by atoms with E-state index in [1.807, 2.05) is 13.0 Å². The molecule has 0 spiro atoms. The molecule has 4 heteroatoms. The lowest BCUT2D eigenvalue weighted by Gasteiger charge is -2.26. The van der Waals surface area contributed by atoms with Crippen LogP contribution in [0, 0.1) is 6.92 Å². The minimum Gasteiger partial charge on any atom is -0.441 e. The van der Waals surface area contributed by atoms with E-state index in [1.165, 1.54) is 5.56 Å². The SMILES string of the molecule is Cc1nc2cc(C(CNC(C)C)N(C)C)ccc2o1. The molecule has 1 N–H and O–H groups in total. The van der Waals surface area contributed by atoms with E-state index in [9.17, 15) is 0 Å². The van der Waals surface area contributed by atoms with Crippen LogP contribution < -0.4 is 5.32 Å². The number of nitrogens with one attached hydrogen (secondary N) is 1. The fraction of sp³-hybridized carbons (Fsp3) is 0.533. The molecule has 1 aromatic heterocycles. The molecule has 1 atom stereocenters. The van der Waals surface area contributed by atoms with Gasteiger partial charge in [-0.3, -0.25) is 0 Å². The Morgan fingerprint density at radius 1 is 1.32 bits per heavy atom. The molecule has 2 aromatic rings. The topological polar surface area (TPSA) is 41.3 Å². The summed E-state index contributed by atoms with van der Waals surface area (Å²) in [4.78, 5) is 6.63. The van der Waals surface area contributed by atoms with E-state index in [-0.39, 0.29) is 0 Å². The van der Waals surface area contributed by atoms with Gasteiger partial charge in [0, 0.05) is 25.6 Å². The number of fused-ring (bicyclic) bond motifs is 1. The van der Waals surface area contributed by atoms with Crippen molar-refractivity contribution in [3.05, 3.63) is 29.7 Å². The zero-order valence-electron chi connectivity index (χ0n) is 12.4. The predicted octanol–water partition coefficient (Wildman–Crippen LogP) is 2.74. The monoisotopic (exact) mass is 261 g/mol. The van der Waals surface area contributed by atoms with Crippen LogP contribution in [0.25, 0.3) is 11.1 Å². The first kappa shape index (κ1) is 14.0. The maximum absolute atomic E-state index is 5.52. The molecule has 0 bridgehead atoms. The highest BCUT2D eigenvalue weighted by Gasteiger charge is 2.15. The van der Waals surface area contributed by atoms with E-state index >= 15 is 0 Å². The first-order valence-electron chi connectivity index (χ1n) is 6.74. The van der Waals surface area contributed by atoms with Gasteiger partial charge in [-0.05, 0) is 31.8 Å². The molecule has 0 aliphatic rings. The van der Waals surface area contributed by atoms with E-state index in [4.69, 9.17) is 4.42 Å². The molecule has 0 amide bonds. The van der Waals surface area contributed by atoms with Gasteiger partial charge in [-0.1, -0.05) is 19.9 Å². The largest absolute Gasteiger partial charge is 0.441 e. The van der Waals surface area contributed by atoms with Crippen LogP contribution in [0.1, 0.15) is 31.3 Å². The van der Waals surface area contributed by atoms with E-state index in [0.29, 0.717) is 18.0 Å². The second-order valence-electron chi connectivity index (χ2n) is 5.50. The molecule has 0 aliphatic heterocycles. The molecular formula is C15H23N3O. The van der Waals surface area contributed by atoms with E-state index in [2.05, 4.69) is 55.3 Å². The number of benzene rings is 1. The average molecular weight is 261 g/mol. The van der Waals surface area contributed by atoms with Crippen molar-refractivity contribution >= 4 is 11.1 Å². The normalized spacial score (nSPS) is 13.6. The Balaban J connectivity index is 2.27. The standard InChI is InChI=1S/C15H23N3O/c1-10(2)16-9-14(18(4)5)12-6-7-15-13(8-12)17-11(3)19-15/h6-8,10,14,16H,9H2,1-5H3. The van der Waals surface area contributed by atoms with Crippen molar-refractivity contribution in [1.82, 2.24) is 15.2 Å². The summed E-state index contributed by atoms with van der Waals surface area (Å²) in [5.41, 5.74) is 3.06. The molecule has 19 heavy (non-hydrogen) atoms. The summed E-state index contributed by atoms with van der Waals surface area (Å²) >= 11 is 0. The number of rotatable bonds is 5. The lowest BCUT2D eigenvalue weighted by Crippen LogP contribution is -2.34. The molecular weight excluding hydrogens is 238 g/mol. The van der Waals surface area contributed by atoms with Crippen molar-refractivity contribution in [3.63, 3.8) is 0 Å². The van der Waals surface area contributed by atoms with E-state index in [0.717, 1.165) is 17.6 Å². The molecule has 0 radical (unpaired) electrons. The summed E-state index contributed by atoms with van der Waals surface area (Å²) in [6.45, 7) is 7.13. The highest BCUT2D eigenvalue weighted by Crippen LogP contribution is 2.23. The Hall–Kier alpha value is -1.39. The van der Waals surface area contributed by atoms with Gasteiger partial charge < -0.3 is 14.6 Å². The van der Waals surface area contributed by atoms with Crippen molar-refractivity contribution in [2.75, 3.05) is 20.6 Å². The molecule has 0 saturated heterocycles. The molecule has 0 fully saturated rings. The first-order valence-corrected chi connectivity index (χ1v) is 6.74. The summed E-state index contributed by atoms with van der Waals surface area (Å²) in [5, 5.41) is 3.49. The zero-order valence-corrected chi connectivity index (χ0v) is 12.4. The van der Waals surface area contributed by atoms with Gasteiger partial charge in [0.15, 0.2) is 11.5 Å². The zero-order chi connectivity index (χ0) is 14.0. The molecule has 4 nitrogen and oxygen atoms in total. The number of hydrogen-bond acceptors (Lipinski definition) is 4. The molecule has 104 valence electrons. The second kappa shape index (κ2) is 5.72. The molecule has 0 saturated carbocycles. The Bertz CT molecular complexity index is 545. The molecule has 0 aliphatic carbocycles. The third kappa shape index (κ3) is 3.33. The van der Waals surface area contributed by atoms with Crippen molar-refractivity contribution < 1.29 is 4.42 Å². The molecule has 1 aromatic carbocycles. The van der Waals surface area contributed by atoms with Crippen LogP contribution in [0.3, 0.4) is 0 Å². The Labute approximate surface area is 114 Å².